The molecule has 2 unspecified atom stereocenters. The van der Waals surface area contributed by atoms with Crippen LogP contribution in [-0.4, -0.2) is 30.3 Å². The first kappa shape index (κ1) is 13.7. The van der Waals surface area contributed by atoms with Crippen LogP contribution in [0.2, 0.25) is 0 Å². The van der Waals surface area contributed by atoms with Gasteiger partial charge >= 0.3 is 0 Å². The van der Waals surface area contributed by atoms with Crippen molar-refractivity contribution in [3.8, 4) is 5.75 Å². The van der Waals surface area contributed by atoms with Crippen molar-refractivity contribution in [3.05, 3.63) is 23.8 Å². The monoisotopic (exact) mass is 264 g/mol. The highest BCUT2D eigenvalue weighted by Crippen LogP contribution is 2.23. The molecule has 1 aliphatic heterocycles. The van der Waals surface area contributed by atoms with Gasteiger partial charge in [0.1, 0.15) is 5.75 Å². The Morgan fingerprint density at radius 3 is 3.11 bits per heavy atom. The molecule has 1 aromatic carbocycles. The minimum Gasteiger partial charge on any atom is -0.508 e. The molecule has 0 aromatic heterocycles. The minimum absolute atomic E-state index is 0.0370. The first-order valence-corrected chi connectivity index (χ1v) is 6.60. The zero-order valence-corrected chi connectivity index (χ0v) is 11.1. The molecule has 0 aliphatic carbocycles. The summed E-state index contributed by atoms with van der Waals surface area (Å²) in [6, 6.07) is 4.37. The quantitative estimate of drug-likeness (QED) is 0.568. The summed E-state index contributed by atoms with van der Waals surface area (Å²) in [5, 5.41) is 12.3. The number of phenolic OH excluding ortho intramolecular Hbond substituents is 1. The summed E-state index contributed by atoms with van der Waals surface area (Å²) in [4.78, 5) is 12.0. The van der Waals surface area contributed by atoms with Crippen molar-refractivity contribution in [2.24, 2.45) is 5.92 Å². The van der Waals surface area contributed by atoms with E-state index in [-0.39, 0.29) is 17.8 Å². The van der Waals surface area contributed by atoms with Crippen LogP contribution in [0.3, 0.4) is 0 Å². The van der Waals surface area contributed by atoms with E-state index in [0.717, 1.165) is 19.4 Å². The van der Waals surface area contributed by atoms with Gasteiger partial charge in [-0.2, -0.15) is 0 Å². The van der Waals surface area contributed by atoms with Gasteiger partial charge in [0.05, 0.1) is 11.7 Å². The third-order valence-corrected chi connectivity index (χ3v) is 3.56. The second kappa shape index (κ2) is 5.93. The van der Waals surface area contributed by atoms with Gasteiger partial charge in [-0.15, -0.1) is 0 Å². The number of rotatable bonds is 4. The number of ether oxygens (including phenoxy) is 1. The Morgan fingerprint density at radius 2 is 2.37 bits per heavy atom. The maximum absolute atomic E-state index is 12.0. The van der Waals surface area contributed by atoms with E-state index in [1.807, 2.05) is 0 Å². The fourth-order valence-electron chi connectivity index (χ4n) is 2.44. The van der Waals surface area contributed by atoms with Gasteiger partial charge in [-0.3, -0.25) is 4.79 Å². The van der Waals surface area contributed by atoms with E-state index in [0.29, 0.717) is 23.7 Å². The Labute approximate surface area is 112 Å². The van der Waals surface area contributed by atoms with Crippen molar-refractivity contribution in [1.29, 1.82) is 0 Å². The molecule has 0 bridgehead atoms. The highest BCUT2D eigenvalue weighted by Gasteiger charge is 2.27. The van der Waals surface area contributed by atoms with Crippen molar-refractivity contribution in [1.82, 2.24) is 5.32 Å². The number of hydrogen-bond acceptors (Lipinski definition) is 4. The van der Waals surface area contributed by atoms with Gasteiger partial charge in [0.2, 0.25) is 0 Å². The lowest BCUT2D eigenvalue weighted by atomic mass is 9.99. The Bertz CT molecular complexity index is 462. The van der Waals surface area contributed by atoms with Crippen molar-refractivity contribution in [2.45, 2.75) is 25.9 Å². The summed E-state index contributed by atoms with van der Waals surface area (Å²) in [6.07, 6.45) is 2.14. The Morgan fingerprint density at radius 1 is 1.58 bits per heavy atom. The van der Waals surface area contributed by atoms with Gasteiger partial charge in [0.25, 0.3) is 5.91 Å². The van der Waals surface area contributed by atoms with E-state index in [1.54, 1.807) is 0 Å². The Balaban J connectivity index is 1.96. The van der Waals surface area contributed by atoms with E-state index >= 15 is 0 Å². The van der Waals surface area contributed by atoms with Crippen molar-refractivity contribution in [2.75, 3.05) is 18.9 Å². The zero-order valence-electron chi connectivity index (χ0n) is 11.1. The van der Waals surface area contributed by atoms with Gasteiger partial charge in [-0.25, -0.2) is 0 Å². The van der Waals surface area contributed by atoms with Crippen LogP contribution >= 0.6 is 0 Å². The molecular formula is C14H20N2O3. The molecule has 104 valence electrons. The predicted octanol–water partition coefficient (Wildman–Crippen LogP) is 1.52. The summed E-state index contributed by atoms with van der Waals surface area (Å²) < 4.78 is 5.58. The molecule has 1 fully saturated rings. The van der Waals surface area contributed by atoms with Crippen LogP contribution in [-0.2, 0) is 4.74 Å². The van der Waals surface area contributed by atoms with Crippen LogP contribution in [0.5, 0.6) is 5.75 Å². The molecule has 4 N–H and O–H groups in total. The lowest BCUT2D eigenvalue weighted by Gasteiger charge is -2.17. The summed E-state index contributed by atoms with van der Waals surface area (Å²) in [5.41, 5.74) is 6.41. The van der Waals surface area contributed by atoms with Crippen molar-refractivity contribution >= 4 is 11.6 Å². The van der Waals surface area contributed by atoms with Crippen LogP contribution in [0, 0.1) is 5.92 Å². The van der Waals surface area contributed by atoms with Crippen LogP contribution in [0.15, 0.2) is 18.2 Å². The van der Waals surface area contributed by atoms with E-state index < -0.39 is 0 Å². The molecule has 1 saturated heterocycles. The van der Waals surface area contributed by atoms with E-state index in [4.69, 9.17) is 10.5 Å². The normalized spacial score (nSPS) is 22.4. The molecule has 19 heavy (non-hydrogen) atoms. The number of hydrogen-bond donors (Lipinski definition) is 3. The lowest BCUT2D eigenvalue weighted by Crippen LogP contribution is -2.33. The smallest absolute Gasteiger partial charge is 0.253 e. The van der Waals surface area contributed by atoms with Crippen LogP contribution in [0.4, 0.5) is 5.69 Å². The van der Waals surface area contributed by atoms with E-state index in [9.17, 15) is 9.90 Å². The summed E-state index contributed by atoms with van der Waals surface area (Å²) >= 11 is 0. The molecular weight excluding hydrogens is 244 g/mol. The minimum atomic E-state index is -0.254. The Hall–Kier alpha value is -1.75. The van der Waals surface area contributed by atoms with Gasteiger partial charge in [-0.1, -0.05) is 6.92 Å². The fraction of sp³-hybridized carbons (Fsp3) is 0.500. The number of benzene rings is 1. The molecule has 1 aliphatic rings. The first-order valence-electron chi connectivity index (χ1n) is 6.60. The van der Waals surface area contributed by atoms with Gasteiger partial charge in [0.15, 0.2) is 0 Å². The van der Waals surface area contributed by atoms with Gasteiger partial charge in [0, 0.05) is 24.8 Å². The highest BCUT2D eigenvalue weighted by atomic mass is 16.5. The molecule has 2 atom stereocenters. The molecule has 1 heterocycles. The molecule has 0 radical (unpaired) electrons. The molecule has 0 saturated carbocycles. The first-order chi connectivity index (χ1) is 9.11. The number of amides is 1. The number of nitrogens with two attached hydrogens (primary N) is 1. The second-order valence-corrected chi connectivity index (χ2v) is 4.85. The molecule has 1 amide bonds. The van der Waals surface area contributed by atoms with Gasteiger partial charge in [-0.05, 0) is 31.0 Å². The predicted molar refractivity (Wildman–Crippen MR) is 73.0 cm³/mol. The van der Waals surface area contributed by atoms with Crippen molar-refractivity contribution in [3.63, 3.8) is 0 Å². The SMILES string of the molecule is CCC1OCCC1CNC(=O)c1cc(O)ccc1N. The van der Waals surface area contributed by atoms with E-state index in [1.165, 1.54) is 18.2 Å². The number of phenols is 1. The summed E-state index contributed by atoms with van der Waals surface area (Å²) in [6.45, 7) is 3.41. The summed E-state index contributed by atoms with van der Waals surface area (Å²) in [5.74, 6) is 0.137. The molecule has 5 heteroatoms. The second-order valence-electron chi connectivity index (χ2n) is 4.85. The molecule has 1 aromatic rings. The third-order valence-electron chi connectivity index (χ3n) is 3.56. The Kier molecular flexibility index (Phi) is 4.27. The highest BCUT2D eigenvalue weighted by molar-refractivity contribution is 5.99. The van der Waals surface area contributed by atoms with Crippen LogP contribution in [0.25, 0.3) is 0 Å². The standard InChI is InChI=1S/C14H20N2O3/c1-2-13-9(5-6-19-13)8-16-14(18)11-7-10(17)3-4-12(11)15/h3-4,7,9,13,17H,2,5-6,8,15H2,1H3,(H,16,18). The third kappa shape index (κ3) is 3.17. The molecule has 5 nitrogen and oxygen atoms in total. The number of anilines is 1. The van der Waals surface area contributed by atoms with Crippen LogP contribution < -0.4 is 11.1 Å². The zero-order chi connectivity index (χ0) is 13.8. The fourth-order valence-corrected chi connectivity index (χ4v) is 2.44. The number of aromatic hydroxyl groups is 1. The molecule has 0 spiro atoms. The van der Waals surface area contributed by atoms with E-state index in [2.05, 4.69) is 12.2 Å². The number of nitrogen functional groups attached to an aromatic ring is 1. The largest absolute Gasteiger partial charge is 0.508 e. The number of carbonyl (C=O) groups excluding carboxylic acids is 1. The average molecular weight is 264 g/mol. The summed E-state index contributed by atoms with van der Waals surface area (Å²) in [7, 11) is 0. The topological polar surface area (TPSA) is 84.6 Å². The number of carbonyl (C=O) groups is 1. The lowest BCUT2D eigenvalue weighted by molar-refractivity contribution is 0.0827. The van der Waals surface area contributed by atoms with Crippen molar-refractivity contribution < 1.29 is 14.6 Å². The molecule has 2 rings (SSSR count). The van der Waals surface area contributed by atoms with Crippen LogP contribution in [0.1, 0.15) is 30.1 Å². The number of nitrogens with one attached hydrogen (secondary N) is 1. The van der Waals surface area contributed by atoms with Gasteiger partial charge < -0.3 is 20.9 Å². The maximum Gasteiger partial charge on any atom is 0.253 e. The maximum atomic E-state index is 12.0. The average Bonchev–Trinajstić information content (AvgIpc) is 2.86.